The van der Waals surface area contributed by atoms with Gasteiger partial charge in [-0.15, -0.1) is 6.58 Å². The minimum absolute atomic E-state index is 0.108. The number of hydrogen-bond acceptors (Lipinski definition) is 6. The summed E-state index contributed by atoms with van der Waals surface area (Å²) in [6.07, 6.45) is 1.68. The number of benzene rings is 2. The molecule has 0 saturated heterocycles. The van der Waals surface area contributed by atoms with Gasteiger partial charge in [-0.2, -0.15) is 8.42 Å². The third-order valence-corrected chi connectivity index (χ3v) is 5.33. The van der Waals surface area contributed by atoms with E-state index in [-0.39, 0.29) is 18.1 Å². The summed E-state index contributed by atoms with van der Waals surface area (Å²) in [6.45, 7) is 5.63. The van der Waals surface area contributed by atoms with E-state index in [9.17, 15) is 8.42 Å². The van der Waals surface area contributed by atoms with Crippen molar-refractivity contribution in [1.29, 1.82) is 0 Å². The molecular weight excluding hydrogens is 354 g/mol. The highest BCUT2D eigenvalue weighted by atomic mass is 32.2. The lowest BCUT2D eigenvalue weighted by Crippen LogP contribution is -2.34. The first-order chi connectivity index (χ1) is 12.4. The van der Waals surface area contributed by atoms with E-state index in [0.29, 0.717) is 23.6 Å². The number of nitrogens with two attached hydrogens (primary N) is 1. The Morgan fingerprint density at radius 1 is 1.27 bits per heavy atom. The van der Waals surface area contributed by atoms with E-state index in [1.165, 1.54) is 12.1 Å². The summed E-state index contributed by atoms with van der Waals surface area (Å²) >= 11 is 0. The number of hydrogen-bond donors (Lipinski definition) is 1. The first-order valence-corrected chi connectivity index (χ1v) is 9.59. The Kier molecular flexibility index (Phi) is 5.20. The fourth-order valence-corrected chi connectivity index (χ4v) is 3.56. The zero-order chi connectivity index (χ0) is 18.7. The summed E-state index contributed by atoms with van der Waals surface area (Å²) in [5.74, 6) is 1.09. The van der Waals surface area contributed by atoms with E-state index in [1.54, 1.807) is 30.3 Å². The van der Waals surface area contributed by atoms with Crippen LogP contribution >= 0.6 is 0 Å². The second-order valence-corrected chi connectivity index (χ2v) is 7.67. The molecule has 138 valence electrons. The highest BCUT2D eigenvalue weighted by Crippen LogP contribution is 2.39. The number of ether oxygens (including phenoxy) is 2. The summed E-state index contributed by atoms with van der Waals surface area (Å²) in [5.41, 5.74) is 8.30. The van der Waals surface area contributed by atoms with E-state index in [0.717, 1.165) is 11.1 Å². The molecule has 3 rings (SSSR count). The van der Waals surface area contributed by atoms with Gasteiger partial charge in [0.15, 0.2) is 17.6 Å². The first kappa shape index (κ1) is 18.3. The number of aryl methyl sites for hydroxylation is 1. The molecule has 0 amide bonds. The van der Waals surface area contributed by atoms with Crippen LogP contribution < -0.4 is 15.2 Å². The van der Waals surface area contributed by atoms with E-state index in [4.69, 9.17) is 19.4 Å². The molecule has 6 nitrogen and oxygen atoms in total. The monoisotopic (exact) mass is 375 g/mol. The van der Waals surface area contributed by atoms with Gasteiger partial charge in [0.2, 0.25) is 0 Å². The molecule has 0 fully saturated rings. The molecule has 1 aliphatic rings. The Hall–Kier alpha value is -2.51. The summed E-state index contributed by atoms with van der Waals surface area (Å²) < 4.78 is 41.3. The average molecular weight is 375 g/mol. The van der Waals surface area contributed by atoms with Crippen LogP contribution in [-0.4, -0.2) is 27.7 Å². The molecule has 1 atom stereocenters. The normalized spacial score (nSPS) is 16.3. The van der Waals surface area contributed by atoms with Gasteiger partial charge in [0.25, 0.3) is 10.1 Å². The molecule has 0 saturated carbocycles. The lowest BCUT2D eigenvalue weighted by molar-refractivity contribution is 0.0547. The molecule has 0 aromatic heterocycles. The molecule has 2 aromatic carbocycles. The molecule has 0 bridgehead atoms. The Labute approximate surface area is 153 Å². The van der Waals surface area contributed by atoms with Crippen molar-refractivity contribution >= 4 is 15.8 Å². The van der Waals surface area contributed by atoms with Crippen molar-refractivity contribution in [2.45, 2.75) is 24.3 Å². The van der Waals surface area contributed by atoms with Gasteiger partial charge in [-0.05, 0) is 37.6 Å². The van der Waals surface area contributed by atoms with Crippen molar-refractivity contribution in [1.82, 2.24) is 0 Å². The predicted molar refractivity (Wildman–Crippen MR) is 99.0 cm³/mol. The number of anilines is 1. The van der Waals surface area contributed by atoms with Crippen LogP contribution in [0.15, 0.2) is 53.9 Å². The maximum atomic E-state index is 12.3. The minimum atomic E-state index is -3.86. The highest BCUT2D eigenvalue weighted by Gasteiger charge is 2.27. The largest absolute Gasteiger partial charge is 0.486 e. The standard InChI is InChI=1S/C19H21NO5S/c1-3-4-16-17(20)9-10-18-19(16)25-14(11-23-18)12-24-26(21,22)15-7-5-13(2)6-8-15/h3,5-10,14H,1,4,11-12,20H2,2H3/t14-/m1/s1. The van der Waals surface area contributed by atoms with E-state index >= 15 is 0 Å². The molecule has 1 aliphatic heterocycles. The first-order valence-electron chi connectivity index (χ1n) is 8.18. The molecule has 0 aliphatic carbocycles. The molecule has 7 heteroatoms. The van der Waals surface area contributed by atoms with Gasteiger partial charge in [-0.3, -0.25) is 4.18 Å². The Bertz CT molecular complexity index is 906. The molecule has 0 unspecified atom stereocenters. The molecular formula is C19H21NO5S. The molecule has 0 spiro atoms. The van der Waals surface area contributed by atoms with Gasteiger partial charge < -0.3 is 15.2 Å². The van der Waals surface area contributed by atoms with E-state index < -0.39 is 16.2 Å². The second kappa shape index (κ2) is 7.39. The van der Waals surface area contributed by atoms with Crippen LogP contribution in [0.1, 0.15) is 11.1 Å². The molecule has 0 radical (unpaired) electrons. The van der Waals surface area contributed by atoms with Crippen LogP contribution in [0.3, 0.4) is 0 Å². The van der Waals surface area contributed by atoms with Crippen molar-refractivity contribution in [3.63, 3.8) is 0 Å². The third-order valence-electron chi connectivity index (χ3n) is 4.04. The Balaban J connectivity index is 1.72. The van der Waals surface area contributed by atoms with E-state index in [1.807, 2.05) is 6.92 Å². The summed E-state index contributed by atoms with van der Waals surface area (Å²) in [7, 11) is -3.86. The number of rotatable bonds is 6. The van der Waals surface area contributed by atoms with Crippen molar-refractivity contribution in [3.05, 3.63) is 60.2 Å². The molecule has 26 heavy (non-hydrogen) atoms. The lowest BCUT2D eigenvalue weighted by atomic mass is 10.1. The topological polar surface area (TPSA) is 87.9 Å². The number of allylic oxidation sites excluding steroid dienone is 1. The van der Waals surface area contributed by atoms with E-state index in [2.05, 4.69) is 6.58 Å². The smallest absolute Gasteiger partial charge is 0.297 e. The van der Waals surface area contributed by atoms with Crippen molar-refractivity contribution in [3.8, 4) is 11.5 Å². The van der Waals surface area contributed by atoms with Gasteiger partial charge in [0, 0.05) is 11.3 Å². The van der Waals surface area contributed by atoms with Gasteiger partial charge in [0.1, 0.15) is 13.2 Å². The van der Waals surface area contributed by atoms with Crippen molar-refractivity contribution in [2.75, 3.05) is 18.9 Å². The molecule has 2 aromatic rings. The van der Waals surface area contributed by atoms with Gasteiger partial charge in [-0.25, -0.2) is 0 Å². The van der Waals surface area contributed by atoms with Crippen LogP contribution in [0.5, 0.6) is 11.5 Å². The lowest BCUT2D eigenvalue weighted by Gasteiger charge is -2.28. The molecule has 2 N–H and O–H groups in total. The Morgan fingerprint density at radius 3 is 2.69 bits per heavy atom. The van der Waals surface area contributed by atoms with Gasteiger partial charge in [-0.1, -0.05) is 23.8 Å². The zero-order valence-electron chi connectivity index (χ0n) is 14.5. The summed E-state index contributed by atoms with van der Waals surface area (Å²) in [6, 6.07) is 9.95. The van der Waals surface area contributed by atoms with Crippen LogP contribution in [0.25, 0.3) is 0 Å². The maximum Gasteiger partial charge on any atom is 0.297 e. The predicted octanol–water partition coefficient (Wildman–Crippen LogP) is 2.85. The number of fused-ring (bicyclic) bond motifs is 1. The fourth-order valence-electron chi connectivity index (χ4n) is 2.62. The minimum Gasteiger partial charge on any atom is -0.486 e. The third kappa shape index (κ3) is 3.84. The Morgan fingerprint density at radius 2 is 2.00 bits per heavy atom. The average Bonchev–Trinajstić information content (AvgIpc) is 2.63. The molecule has 1 heterocycles. The number of nitrogen functional groups attached to an aromatic ring is 1. The SMILES string of the molecule is C=CCc1c(N)ccc2c1O[C@@H](COS(=O)(=O)c1ccc(C)cc1)CO2. The summed E-state index contributed by atoms with van der Waals surface area (Å²) in [5, 5.41) is 0. The fraction of sp³-hybridized carbons (Fsp3) is 0.263. The zero-order valence-corrected chi connectivity index (χ0v) is 15.3. The summed E-state index contributed by atoms with van der Waals surface area (Å²) in [4.78, 5) is 0.108. The quantitative estimate of drug-likeness (QED) is 0.474. The van der Waals surface area contributed by atoms with Crippen LogP contribution in [0, 0.1) is 6.92 Å². The van der Waals surface area contributed by atoms with Crippen LogP contribution in [0.2, 0.25) is 0 Å². The van der Waals surface area contributed by atoms with Gasteiger partial charge >= 0.3 is 0 Å². The van der Waals surface area contributed by atoms with Crippen LogP contribution in [-0.2, 0) is 20.7 Å². The maximum absolute atomic E-state index is 12.3. The van der Waals surface area contributed by atoms with Crippen molar-refractivity contribution < 1.29 is 22.1 Å². The second-order valence-electron chi connectivity index (χ2n) is 6.06. The van der Waals surface area contributed by atoms with Gasteiger partial charge in [0.05, 0.1) is 4.90 Å². The highest BCUT2D eigenvalue weighted by molar-refractivity contribution is 7.86. The van der Waals surface area contributed by atoms with Crippen molar-refractivity contribution in [2.24, 2.45) is 0 Å². The van der Waals surface area contributed by atoms with Crippen LogP contribution in [0.4, 0.5) is 5.69 Å².